The molecule has 0 saturated carbocycles. The van der Waals surface area contributed by atoms with Gasteiger partial charge < -0.3 is 4.42 Å². The van der Waals surface area contributed by atoms with E-state index >= 15 is 0 Å². The number of carbonyl (C=O) groups is 1. The van der Waals surface area contributed by atoms with Crippen LogP contribution in [-0.4, -0.2) is 16.6 Å². The van der Waals surface area contributed by atoms with E-state index in [-0.39, 0.29) is 11.9 Å². The minimum Gasteiger partial charge on any atom is -0.467 e. The van der Waals surface area contributed by atoms with Crippen molar-refractivity contribution in [1.29, 1.82) is 0 Å². The highest BCUT2D eigenvalue weighted by molar-refractivity contribution is 6.05. The largest absolute Gasteiger partial charge is 0.467 e. The molecule has 4 heteroatoms. The van der Waals surface area contributed by atoms with Crippen molar-refractivity contribution in [2.24, 2.45) is 5.10 Å². The van der Waals surface area contributed by atoms with E-state index in [9.17, 15) is 4.79 Å². The molecule has 4 nitrogen and oxygen atoms in total. The van der Waals surface area contributed by atoms with Crippen LogP contribution in [0.5, 0.6) is 0 Å². The minimum absolute atomic E-state index is 0.118. The number of benzene rings is 2. The number of rotatable bonds is 4. The lowest BCUT2D eigenvalue weighted by Crippen LogP contribution is -2.26. The quantitative estimate of drug-likeness (QED) is 0.680. The Balaban J connectivity index is 1.69. The van der Waals surface area contributed by atoms with Crippen LogP contribution in [-0.2, 0) is 6.42 Å². The van der Waals surface area contributed by atoms with Gasteiger partial charge in [-0.15, -0.1) is 0 Å². The van der Waals surface area contributed by atoms with Crippen LogP contribution in [0.1, 0.15) is 46.6 Å². The highest BCUT2D eigenvalue weighted by atomic mass is 16.3. The average molecular weight is 344 g/mol. The predicted octanol–water partition coefficient (Wildman–Crippen LogP) is 4.83. The number of hydrogen-bond acceptors (Lipinski definition) is 3. The van der Waals surface area contributed by atoms with E-state index < -0.39 is 0 Å². The number of hydrazone groups is 1. The maximum absolute atomic E-state index is 13.0. The van der Waals surface area contributed by atoms with Gasteiger partial charge in [0.2, 0.25) is 0 Å². The summed E-state index contributed by atoms with van der Waals surface area (Å²) in [4.78, 5) is 13.0. The van der Waals surface area contributed by atoms with Crippen LogP contribution >= 0.6 is 0 Å². The summed E-state index contributed by atoms with van der Waals surface area (Å²) in [5, 5.41) is 6.22. The Morgan fingerprint density at radius 1 is 1.08 bits per heavy atom. The molecule has 1 aliphatic heterocycles. The molecule has 1 atom stereocenters. The van der Waals surface area contributed by atoms with Crippen LogP contribution in [0.4, 0.5) is 0 Å². The number of amides is 1. The van der Waals surface area contributed by atoms with Gasteiger partial charge in [0.15, 0.2) is 0 Å². The lowest BCUT2D eigenvalue weighted by Gasteiger charge is -2.19. The van der Waals surface area contributed by atoms with Gasteiger partial charge in [0.1, 0.15) is 11.8 Å². The smallest absolute Gasteiger partial charge is 0.274 e. The third-order valence-corrected chi connectivity index (χ3v) is 4.71. The third-order valence-electron chi connectivity index (χ3n) is 4.71. The van der Waals surface area contributed by atoms with Crippen molar-refractivity contribution in [2.45, 2.75) is 25.8 Å². The first-order valence-corrected chi connectivity index (χ1v) is 8.85. The maximum Gasteiger partial charge on any atom is 0.274 e. The second-order valence-corrected chi connectivity index (χ2v) is 6.35. The molecule has 2 aromatic carbocycles. The number of nitrogens with zero attached hydrogens (tertiary/aromatic N) is 2. The van der Waals surface area contributed by atoms with Crippen LogP contribution in [0.25, 0.3) is 0 Å². The Labute approximate surface area is 152 Å². The molecular weight excluding hydrogens is 324 g/mol. The zero-order valence-electron chi connectivity index (χ0n) is 14.6. The van der Waals surface area contributed by atoms with Gasteiger partial charge in [-0.2, -0.15) is 5.10 Å². The number of furan rings is 1. The fraction of sp³-hybridized carbons (Fsp3) is 0.182. The molecule has 4 rings (SSSR count). The van der Waals surface area contributed by atoms with Crippen molar-refractivity contribution in [3.05, 3.63) is 95.4 Å². The second kappa shape index (κ2) is 7.00. The molecule has 0 spiro atoms. The normalized spacial score (nSPS) is 16.6. The summed E-state index contributed by atoms with van der Waals surface area (Å²) >= 11 is 0. The SMILES string of the molecule is CCc1ccc(C2=NN(C(=O)c3ccccc3)C(c3ccco3)C2)cc1. The van der Waals surface area contributed by atoms with Gasteiger partial charge in [0.05, 0.1) is 12.0 Å². The predicted molar refractivity (Wildman–Crippen MR) is 101 cm³/mol. The Bertz CT molecular complexity index is 913. The topological polar surface area (TPSA) is 45.8 Å². The Morgan fingerprint density at radius 2 is 1.85 bits per heavy atom. The van der Waals surface area contributed by atoms with Crippen molar-refractivity contribution < 1.29 is 9.21 Å². The summed E-state index contributed by atoms with van der Waals surface area (Å²) in [7, 11) is 0. The number of carbonyl (C=O) groups excluding carboxylic acids is 1. The van der Waals surface area contributed by atoms with Crippen LogP contribution in [0.15, 0.2) is 82.5 Å². The number of aryl methyl sites for hydroxylation is 1. The van der Waals surface area contributed by atoms with Crippen molar-refractivity contribution in [3.63, 3.8) is 0 Å². The molecule has 1 aliphatic rings. The Kier molecular flexibility index (Phi) is 4.40. The first-order chi connectivity index (χ1) is 12.8. The average Bonchev–Trinajstić information content (AvgIpc) is 3.38. The van der Waals surface area contributed by atoms with E-state index in [4.69, 9.17) is 4.42 Å². The molecule has 26 heavy (non-hydrogen) atoms. The number of hydrogen-bond donors (Lipinski definition) is 0. The van der Waals surface area contributed by atoms with E-state index in [1.54, 1.807) is 11.3 Å². The summed E-state index contributed by atoms with van der Waals surface area (Å²) in [5.74, 6) is 0.630. The first-order valence-electron chi connectivity index (χ1n) is 8.85. The van der Waals surface area contributed by atoms with Crippen molar-refractivity contribution in [1.82, 2.24) is 5.01 Å². The van der Waals surface area contributed by atoms with Crippen LogP contribution in [0.2, 0.25) is 0 Å². The lowest BCUT2D eigenvalue weighted by atomic mass is 10.0. The monoisotopic (exact) mass is 344 g/mol. The van der Waals surface area contributed by atoms with E-state index in [2.05, 4.69) is 36.3 Å². The molecule has 0 saturated heterocycles. The summed E-state index contributed by atoms with van der Waals surface area (Å²) in [6.07, 6.45) is 3.27. The molecule has 3 aromatic rings. The fourth-order valence-electron chi connectivity index (χ4n) is 3.22. The molecule has 0 radical (unpaired) electrons. The molecule has 0 aliphatic carbocycles. The third kappa shape index (κ3) is 3.06. The molecule has 130 valence electrons. The molecule has 0 fully saturated rings. The molecule has 1 unspecified atom stereocenters. The Hall–Kier alpha value is -3.14. The zero-order chi connectivity index (χ0) is 17.9. The highest BCUT2D eigenvalue weighted by Gasteiger charge is 2.35. The van der Waals surface area contributed by atoms with Gasteiger partial charge in [0.25, 0.3) is 5.91 Å². The molecule has 2 heterocycles. The maximum atomic E-state index is 13.0. The van der Waals surface area contributed by atoms with Crippen molar-refractivity contribution in [3.8, 4) is 0 Å². The van der Waals surface area contributed by atoms with E-state index in [0.717, 1.165) is 23.5 Å². The second-order valence-electron chi connectivity index (χ2n) is 6.35. The van der Waals surface area contributed by atoms with Gasteiger partial charge in [-0.1, -0.05) is 49.4 Å². The first kappa shape index (κ1) is 16.3. The van der Waals surface area contributed by atoms with Crippen molar-refractivity contribution >= 4 is 11.6 Å². The van der Waals surface area contributed by atoms with Gasteiger partial charge in [-0.25, -0.2) is 5.01 Å². The standard InChI is InChI=1S/C22H20N2O2/c1-2-16-10-12-17(13-11-16)19-15-20(21-9-6-14-26-21)24(23-19)22(25)18-7-4-3-5-8-18/h3-14,20H,2,15H2,1H3. The summed E-state index contributed by atoms with van der Waals surface area (Å²) in [6.45, 7) is 2.13. The summed E-state index contributed by atoms with van der Waals surface area (Å²) < 4.78 is 5.59. The van der Waals surface area contributed by atoms with E-state index in [1.807, 2.05) is 42.5 Å². The van der Waals surface area contributed by atoms with E-state index in [0.29, 0.717) is 12.0 Å². The molecule has 1 aromatic heterocycles. The van der Waals surface area contributed by atoms with Crippen LogP contribution in [0, 0.1) is 0 Å². The molecule has 0 N–H and O–H groups in total. The molecule has 0 bridgehead atoms. The van der Waals surface area contributed by atoms with Gasteiger partial charge in [-0.05, 0) is 41.8 Å². The molecule has 1 amide bonds. The van der Waals surface area contributed by atoms with Crippen molar-refractivity contribution in [2.75, 3.05) is 0 Å². The van der Waals surface area contributed by atoms with Crippen LogP contribution in [0.3, 0.4) is 0 Å². The lowest BCUT2D eigenvalue weighted by molar-refractivity contribution is 0.0693. The van der Waals surface area contributed by atoms with E-state index in [1.165, 1.54) is 5.56 Å². The zero-order valence-corrected chi connectivity index (χ0v) is 14.6. The van der Waals surface area contributed by atoms with Gasteiger partial charge >= 0.3 is 0 Å². The minimum atomic E-state index is -0.224. The fourth-order valence-corrected chi connectivity index (χ4v) is 3.22. The van der Waals surface area contributed by atoms with Gasteiger partial charge in [-0.3, -0.25) is 4.79 Å². The highest BCUT2D eigenvalue weighted by Crippen LogP contribution is 2.34. The Morgan fingerprint density at radius 3 is 2.50 bits per heavy atom. The van der Waals surface area contributed by atoms with Crippen LogP contribution < -0.4 is 0 Å². The molecular formula is C22H20N2O2. The summed E-state index contributed by atoms with van der Waals surface area (Å²) in [5.41, 5.74) is 3.85. The van der Waals surface area contributed by atoms with Gasteiger partial charge in [0, 0.05) is 12.0 Å². The summed E-state index contributed by atoms with van der Waals surface area (Å²) in [6, 6.07) is 21.1.